The summed E-state index contributed by atoms with van der Waals surface area (Å²) in [5.41, 5.74) is 5.32. The maximum absolute atomic E-state index is 12.3. The molecule has 0 saturated carbocycles. The first-order chi connectivity index (χ1) is 13.1. The van der Waals surface area contributed by atoms with E-state index in [4.69, 9.17) is 26.2 Å². The summed E-state index contributed by atoms with van der Waals surface area (Å²) in [4.78, 5) is 57.8. The molecule has 0 saturated heterocycles. The van der Waals surface area contributed by atoms with Gasteiger partial charge in [0.15, 0.2) is 0 Å². The van der Waals surface area contributed by atoms with Gasteiger partial charge in [0.25, 0.3) is 0 Å². The second-order valence-electron chi connectivity index (χ2n) is 5.61. The molecule has 9 N–H and O–H groups in total. The Hall–Kier alpha value is -2.42. The number of carbonyl (C=O) groups excluding carboxylic acids is 3. The second-order valence-corrected chi connectivity index (χ2v) is 5.97. The fourth-order valence-corrected chi connectivity index (χ4v) is 2.08. The number of nitrogens with two attached hydrogens (primary N) is 1. The van der Waals surface area contributed by atoms with Crippen LogP contribution in [0.1, 0.15) is 12.8 Å². The molecule has 0 fully saturated rings. The summed E-state index contributed by atoms with van der Waals surface area (Å²) < 4.78 is 0. The van der Waals surface area contributed by atoms with Gasteiger partial charge in [-0.25, -0.2) is 4.79 Å². The van der Waals surface area contributed by atoms with Crippen molar-refractivity contribution in [1.29, 1.82) is 0 Å². The van der Waals surface area contributed by atoms with Crippen LogP contribution in [0.5, 0.6) is 0 Å². The van der Waals surface area contributed by atoms with E-state index in [1.165, 1.54) is 0 Å². The highest BCUT2D eigenvalue weighted by molar-refractivity contribution is 7.80. The molecular formula is C14H24N4O9S. The molecule has 0 aromatic carbocycles. The number of hydrogen-bond donors (Lipinski definition) is 9. The SMILES string of the molecule is NC(CO)C(=O)NC(CS)C(=O)NC(CCC(=O)O)C(=O)NC(CO)C(=O)O. The van der Waals surface area contributed by atoms with E-state index in [1.54, 1.807) is 0 Å². The maximum Gasteiger partial charge on any atom is 0.328 e. The van der Waals surface area contributed by atoms with Crippen molar-refractivity contribution in [2.45, 2.75) is 37.0 Å². The highest BCUT2D eigenvalue weighted by Crippen LogP contribution is 2.01. The minimum atomic E-state index is -1.65. The third-order valence-corrected chi connectivity index (χ3v) is 3.79. The molecule has 0 aromatic rings. The van der Waals surface area contributed by atoms with Crippen LogP contribution in [-0.2, 0) is 24.0 Å². The molecule has 0 aliphatic carbocycles. The molecule has 0 spiro atoms. The predicted molar refractivity (Wildman–Crippen MR) is 96.3 cm³/mol. The number of thiol groups is 1. The number of rotatable bonds is 13. The monoisotopic (exact) mass is 424 g/mol. The Bertz CT molecular complexity index is 589. The Labute approximate surface area is 165 Å². The average molecular weight is 424 g/mol. The lowest BCUT2D eigenvalue weighted by Gasteiger charge is -2.23. The smallest absolute Gasteiger partial charge is 0.328 e. The minimum Gasteiger partial charge on any atom is -0.481 e. The first-order valence-electron chi connectivity index (χ1n) is 8.01. The van der Waals surface area contributed by atoms with Crippen LogP contribution >= 0.6 is 12.6 Å². The van der Waals surface area contributed by atoms with Gasteiger partial charge in [-0.2, -0.15) is 12.6 Å². The Morgan fingerprint density at radius 3 is 1.75 bits per heavy atom. The molecule has 14 heteroatoms. The zero-order valence-corrected chi connectivity index (χ0v) is 15.6. The van der Waals surface area contributed by atoms with Crippen LogP contribution in [0.15, 0.2) is 0 Å². The predicted octanol–water partition coefficient (Wildman–Crippen LogP) is -4.37. The molecule has 0 aliphatic rings. The number of carbonyl (C=O) groups is 5. The highest BCUT2D eigenvalue weighted by atomic mass is 32.1. The van der Waals surface area contributed by atoms with Gasteiger partial charge in [-0.15, -0.1) is 0 Å². The molecule has 28 heavy (non-hydrogen) atoms. The maximum atomic E-state index is 12.3. The van der Waals surface area contributed by atoms with Crippen molar-refractivity contribution in [3.63, 3.8) is 0 Å². The number of nitrogens with one attached hydrogen (secondary N) is 3. The van der Waals surface area contributed by atoms with Crippen LogP contribution in [0.3, 0.4) is 0 Å². The minimum absolute atomic E-state index is 0.211. The van der Waals surface area contributed by atoms with Gasteiger partial charge in [0.05, 0.1) is 13.2 Å². The van der Waals surface area contributed by atoms with Crippen LogP contribution in [0.25, 0.3) is 0 Å². The van der Waals surface area contributed by atoms with E-state index < -0.39 is 73.5 Å². The number of aliphatic carboxylic acids is 2. The molecule has 0 heterocycles. The molecule has 0 aliphatic heterocycles. The third-order valence-electron chi connectivity index (χ3n) is 3.43. The zero-order chi connectivity index (χ0) is 21.9. The van der Waals surface area contributed by atoms with Crippen molar-refractivity contribution in [3.05, 3.63) is 0 Å². The molecule has 13 nitrogen and oxygen atoms in total. The fraction of sp³-hybridized carbons (Fsp3) is 0.643. The first kappa shape index (κ1) is 25.6. The van der Waals surface area contributed by atoms with Crippen LogP contribution in [0.4, 0.5) is 0 Å². The van der Waals surface area contributed by atoms with Gasteiger partial charge < -0.3 is 42.1 Å². The summed E-state index contributed by atoms with van der Waals surface area (Å²) in [6.07, 6.45) is -0.906. The van der Waals surface area contributed by atoms with E-state index >= 15 is 0 Å². The highest BCUT2D eigenvalue weighted by Gasteiger charge is 2.29. The van der Waals surface area contributed by atoms with E-state index in [-0.39, 0.29) is 12.2 Å². The number of carboxylic acids is 2. The van der Waals surface area contributed by atoms with Crippen LogP contribution in [0, 0.1) is 0 Å². The molecule has 0 aromatic heterocycles. The van der Waals surface area contributed by atoms with Crippen molar-refractivity contribution in [2.75, 3.05) is 19.0 Å². The zero-order valence-electron chi connectivity index (χ0n) is 14.7. The Balaban J connectivity index is 5.20. The van der Waals surface area contributed by atoms with Crippen molar-refractivity contribution in [3.8, 4) is 0 Å². The summed E-state index contributed by atoms with van der Waals surface area (Å²) >= 11 is 3.90. The van der Waals surface area contributed by atoms with Gasteiger partial charge in [0.1, 0.15) is 24.2 Å². The standard InChI is InChI=1S/C14H24N4O9S/c15-6(3-19)11(23)18-9(5-28)13(25)16-7(1-2-10(21)22)12(24)17-8(4-20)14(26)27/h6-9,19-20,28H,1-5,15H2,(H,16,25)(H,17,24)(H,18,23)(H,21,22)(H,26,27). The molecule has 160 valence electrons. The van der Waals surface area contributed by atoms with Crippen molar-refractivity contribution in [1.82, 2.24) is 16.0 Å². The van der Waals surface area contributed by atoms with Gasteiger partial charge in [0, 0.05) is 12.2 Å². The quantitative estimate of drug-likeness (QED) is 0.129. The number of aliphatic hydroxyl groups excluding tert-OH is 2. The summed E-state index contributed by atoms with van der Waals surface area (Å²) in [7, 11) is 0. The second kappa shape index (κ2) is 12.9. The normalized spacial score (nSPS) is 14.9. The number of hydrogen-bond acceptors (Lipinski definition) is 9. The van der Waals surface area contributed by atoms with Gasteiger partial charge in [-0.3, -0.25) is 19.2 Å². The van der Waals surface area contributed by atoms with Gasteiger partial charge in [0.2, 0.25) is 17.7 Å². The summed E-state index contributed by atoms with van der Waals surface area (Å²) in [5, 5.41) is 41.8. The van der Waals surface area contributed by atoms with E-state index in [1.807, 2.05) is 5.32 Å². The first-order valence-corrected chi connectivity index (χ1v) is 8.64. The number of aliphatic hydroxyl groups is 2. The lowest BCUT2D eigenvalue weighted by Crippen LogP contribution is -2.58. The summed E-state index contributed by atoms with van der Waals surface area (Å²) in [6.45, 7) is -1.59. The van der Waals surface area contributed by atoms with E-state index in [2.05, 4.69) is 23.3 Å². The average Bonchev–Trinajstić information content (AvgIpc) is 2.65. The number of carboxylic acid groups (broad SMARTS) is 2. The van der Waals surface area contributed by atoms with Crippen LogP contribution in [-0.4, -0.2) is 93.2 Å². The topological polar surface area (TPSA) is 228 Å². The van der Waals surface area contributed by atoms with Crippen LogP contribution in [0.2, 0.25) is 0 Å². The fourth-order valence-electron chi connectivity index (χ4n) is 1.82. The lowest BCUT2D eigenvalue weighted by atomic mass is 10.1. The molecule has 0 rings (SSSR count). The molecular weight excluding hydrogens is 400 g/mol. The Morgan fingerprint density at radius 2 is 1.32 bits per heavy atom. The Kier molecular flexibility index (Phi) is 11.8. The van der Waals surface area contributed by atoms with E-state index in [9.17, 15) is 24.0 Å². The molecule has 0 bridgehead atoms. The third kappa shape index (κ3) is 8.98. The molecule has 4 unspecified atom stereocenters. The Morgan fingerprint density at radius 1 is 0.821 bits per heavy atom. The van der Waals surface area contributed by atoms with Gasteiger partial charge in [-0.1, -0.05) is 0 Å². The summed E-state index contributed by atoms with van der Waals surface area (Å²) in [6, 6.07) is -5.66. The number of amides is 3. The van der Waals surface area contributed by atoms with Crippen molar-refractivity contribution in [2.24, 2.45) is 5.73 Å². The van der Waals surface area contributed by atoms with Crippen molar-refractivity contribution >= 4 is 42.3 Å². The largest absolute Gasteiger partial charge is 0.481 e. The molecule has 3 amide bonds. The van der Waals surface area contributed by atoms with Gasteiger partial charge >= 0.3 is 11.9 Å². The van der Waals surface area contributed by atoms with Gasteiger partial charge in [-0.05, 0) is 6.42 Å². The van der Waals surface area contributed by atoms with Crippen LogP contribution < -0.4 is 21.7 Å². The lowest BCUT2D eigenvalue weighted by molar-refractivity contribution is -0.144. The van der Waals surface area contributed by atoms with Crippen molar-refractivity contribution < 1.29 is 44.4 Å². The van der Waals surface area contributed by atoms with E-state index in [0.717, 1.165) is 0 Å². The van der Waals surface area contributed by atoms with E-state index in [0.29, 0.717) is 0 Å². The summed E-state index contributed by atoms with van der Waals surface area (Å²) in [5.74, 6) is -5.80. The molecule has 4 atom stereocenters. The molecule has 0 radical (unpaired) electrons.